The molecule has 1 aliphatic heterocycles. The van der Waals surface area contributed by atoms with Crippen molar-refractivity contribution >= 4 is 23.1 Å². The number of nitrogens with zero attached hydrogens (tertiary/aromatic N) is 1. The number of amides is 1. The minimum atomic E-state index is -0.986. The van der Waals surface area contributed by atoms with Gasteiger partial charge in [-0.1, -0.05) is 42.5 Å². The van der Waals surface area contributed by atoms with Gasteiger partial charge in [-0.2, -0.15) is 0 Å². The summed E-state index contributed by atoms with van der Waals surface area (Å²) in [6.45, 7) is 0.873. The van der Waals surface area contributed by atoms with E-state index in [1.54, 1.807) is 36.4 Å². The van der Waals surface area contributed by atoms with Crippen LogP contribution in [0.2, 0.25) is 0 Å². The predicted octanol–water partition coefficient (Wildman–Crippen LogP) is 5.74. The number of aromatic nitrogens is 1. The molecule has 5 rings (SSSR count). The highest BCUT2D eigenvalue weighted by Crippen LogP contribution is 2.30. The van der Waals surface area contributed by atoms with Gasteiger partial charge in [0.1, 0.15) is 17.2 Å². The molecule has 0 spiro atoms. The van der Waals surface area contributed by atoms with Crippen molar-refractivity contribution in [3.8, 4) is 11.3 Å². The van der Waals surface area contributed by atoms with E-state index in [-0.39, 0.29) is 14.1 Å². The van der Waals surface area contributed by atoms with E-state index in [2.05, 4.69) is 26.7 Å². The Morgan fingerprint density at radius 2 is 1.63 bits per heavy atom. The van der Waals surface area contributed by atoms with Crippen molar-refractivity contribution in [2.24, 2.45) is 0 Å². The fourth-order valence-corrected chi connectivity index (χ4v) is 3.66. The van der Waals surface area contributed by atoms with Gasteiger partial charge in [-0.05, 0) is 47.5 Å². The molecule has 2 heterocycles. The molecule has 0 unspecified atom stereocenters. The summed E-state index contributed by atoms with van der Waals surface area (Å²) in [4.78, 5) is 17.1. The van der Waals surface area contributed by atoms with Crippen LogP contribution in [0, 0.1) is 11.6 Å². The Bertz CT molecular complexity index is 1380. The molecule has 4 N–H and O–H groups in total. The molecule has 0 atom stereocenters. The number of fused-ring (bicyclic) bond motifs is 1. The zero-order valence-corrected chi connectivity index (χ0v) is 18.4. The smallest absolute Gasteiger partial charge is 0.261 e. The standard InChI is InChI=1S/C26H21F2N5O2.2H2/c27-20-11-10-19(21-12-13-22-25(30-21)32-33-31-22)24(28)23(20)26(34)29-18-8-6-17(7-9-18)15-35-14-16-4-2-1-3-5-16;;/h1-13,31,33H,14-15H2,(H,29,34)(H,30,32);2*1H. The van der Waals surface area contributed by atoms with Gasteiger partial charge in [-0.15, -0.1) is 5.53 Å². The van der Waals surface area contributed by atoms with Crippen molar-refractivity contribution in [2.75, 3.05) is 16.2 Å². The van der Waals surface area contributed by atoms with Crippen LogP contribution in [-0.4, -0.2) is 10.9 Å². The number of rotatable bonds is 7. The van der Waals surface area contributed by atoms with E-state index < -0.39 is 23.1 Å². The molecule has 7 nitrogen and oxygen atoms in total. The topological polar surface area (TPSA) is 87.3 Å². The number of ether oxygens (including phenoxy) is 1. The van der Waals surface area contributed by atoms with Gasteiger partial charge in [0.05, 0.1) is 24.6 Å². The van der Waals surface area contributed by atoms with Crippen molar-refractivity contribution in [3.63, 3.8) is 0 Å². The number of anilines is 3. The summed E-state index contributed by atoms with van der Waals surface area (Å²) in [7, 11) is 0. The molecule has 4 aromatic rings. The normalized spacial score (nSPS) is 11.9. The number of halogens is 2. The summed E-state index contributed by atoms with van der Waals surface area (Å²) < 4.78 is 35.5. The van der Waals surface area contributed by atoms with Crippen LogP contribution < -0.4 is 21.7 Å². The Balaban J connectivity index is 0.00000190. The fraction of sp³-hybridized carbons (Fsp3) is 0.0769. The molecule has 0 saturated carbocycles. The van der Waals surface area contributed by atoms with Crippen molar-refractivity contribution in [3.05, 3.63) is 107 Å². The second kappa shape index (κ2) is 9.88. The number of hydrogen-bond donors (Lipinski definition) is 4. The van der Waals surface area contributed by atoms with Crippen molar-refractivity contribution in [1.29, 1.82) is 0 Å². The Hall–Kier alpha value is -4.34. The maximum Gasteiger partial charge on any atom is 0.261 e. The van der Waals surface area contributed by atoms with E-state index >= 15 is 4.39 Å². The van der Waals surface area contributed by atoms with Crippen LogP contribution in [0.4, 0.5) is 26.0 Å². The summed E-state index contributed by atoms with van der Waals surface area (Å²) >= 11 is 0. The van der Waals surface area contributed by atoms with Crippen LogP contribution in [0.5, 0.6) is 0 Å². The first kappa shape index (κ1) is 22.5. The Morgan fingerprint density at radius 3 is 2.40 bits per heavy atom. The molecule has 1 aliphatic rings. The molecule has 0 saturated heterocycles. The number of carbonyl (C=O) groups is 1. The van der Waals surface area contributed by atoms with Crippen LogP contribution in [0.3, 0.4) is 0 Å². The van der Waals surface area contributed by atoms with Crippen LogP contribution in [0.25, 0.3) is 11.3 Å². The predicted molar refractivity (Wildman–Crippen MR) is 134 cm³/mol. The van der Waals surface area contributed by atoms with Gasteiger partial charge in [0.2, 0.25) is 0 Å². The average molecular weight is 478 g/mol. The number of nitrogens with one attached hydrogen (secondary N) is 4. The van der Waals surface area contributed by atoms with E-state index in [9.17, 15) is 9.18 Å². The summed E-state index contributed by atoms with van der Waals surface area (Å²) in [5, 5.41) is 2.56. The van der Waals surface area contributed by atoms with E-state index in [4.69, 9.17) is 4.74 Å². The van der Waals surface area contributed by atoms with E-state index in [1.165, 1.54) is 6.07 Å². The second-order valence-electron chi connectivity index (χ2n) is 7.88. The van der Waals surface area contributed by atoms with Crippen LogP contribution >= 0.6 is 0 Å². The molecule has 1 aromatic heterocycles. The lowest BCUT2D eigenvalue weighted by Gasteiger charge is -2.11. The molecule has 1 amide bonds. The lowest BCUT2D eigenvalue weighted by atomic mass is 10.0. The minimum absolute atomic E-state index is 0. The first-order valence-corrected chi connectivity index (χ1v) is 10.9. The molecule has 180 valence electrons. The second-order valence-corrected chi connectivity index (χ2v) is 7.88. The van der Waals surface area contributed by atoms with Gasteiger partial charge < -0.3 is 15.5 Å². The summed E-state index contributed by atoms with van der Waals surface area (Å²) in [5.41, 5.74) is 10.9. The largest absolute Gasteiger partial charge is 0.372 e. The first-order chi connectivity index (χ1) is 17.1. The Labute approximate surface area is 203 Å². The monoisotopic (exact) mass is 477 g/mol. The van der Waals surface area contributed by atoms with E-state index in [0.717, 1.165) is 17.2 Å². The van der Waals surface area contributed by atoms with Gasteiger partial charge in [-0.25, -0.2) is 13.8 Å². The van der Waals surface area contributed by atoms with Crippen molar-refractivity contribution in [2.45, 2.75) is 13.2 Å². The zero-order chi connectivity index (χ0) is 24.2. The molecular weight excluding hydrogens is 452 g/mol. The van der Waals surface area contributed by atoms with E-state index in [0.29, 0.717) is 30.4 Å². The quantitative estimate of drug-likeness (QED) is 0.271. The third-order valence-electron chi connectivity index (χ3n) is 5.46. The number of pyridine rings is 1. The Kier molecular flexibility index (Phi) is 6.34. The third kappa shape index (κ3) is 4.96. The first-order valence-electron chi connectivity index (χ1n) is 10.9. The van der Waals surface area contributed by atoms with E-state index in [1.807, 2.05) is 30.3 Å². The number of hydrazine groups is 2. The van der Waals surface area contributed by atoms with Crippen molar-refractivity contribution in [1.82, 2.24) is 10.5 Å². The lowest BCUT2D eigenvalue weighted by molar-refractivity contribution is 0.101. The van der Waals surface area contributed by atoms with Crippen LogP contribution in [0.1, 0.15) is 24.3 Å². The van der Waals surface area contributed by atoms with Crippen LogP contribution in [0.15, 0.2) is 78.9 Å². The molecule has 0 fully saturated rings. The molecular formula is C26H25F2N5O2. The van der Waals surface area contributed by atoms with Crippen LogP contribution in [-0.2, 0) is 18.0 Å². The fourth-order valence-electron chi connectivity index (χ4n) is 3.66. The summed E-state index contributed by atoms with van der Waals surface area (Å²) in [6.07, 6.45) is 0. The molecule has 0 bridgehead atoms. The summed E-state index contributed by atoms with van der Waals surface area (Å²) in [6, 6.07) is 22.3. The zero-order valence-electron chi connectivity index (χ0n) is 18.4. The van der Waals surface area contributed by atoms with Gasteiger partial charge in [0, 0.05) is 14.1 Å². The molecule has 0 radical (unpaired) electrons. The molecule has 9 heteroatoms. The minimum Gasteiger partial charge on any atom is -0.372 e. The third-order valence-corrected chi connectivity index (χ3v) is 5.46. The lowest BCUT2D eigenvalue weighted by Crippen LogP contribution is -2.19. The van der Waals surface area contributed by atoms with Gasteiger partial charge in [-0.3, -0.25) is 10.2 Å². The van der Waals surface area contributed by atoms with Gasteiger partial charge in [0.25, 0.3) is 5.91 Å². The highest BCUT2D eigenvalue weighted by Gasteiger charge is 2.23. The average Bonchev–Trinajstić information content (AvgIpc) is 3.34. The molecule has 35 heavy (non-hydrogen) atoms. The number of carbonyl (C=O) groups excluding carboxylic acids is 1. The summed E-state index contributed by atoms with van der Waals surface area (Å²) in [5.74, 6) is -2.38. The highest BCUT2D eigenvalue weighted by molar-refractivity contribution is 6.05. The Morgan fingerprint density at radius 1 is 0.886 bits per heavy atom. The SMILES string of the molecule is O=C(Nc1ccc(COCc2ccccc2)cc1)c1c(F)ccc(-c2ccc3c(n2)NNN3)c1F.[HH].[HH]. The maximum atomic E-state index is 15.3. The van der Waals surface area contributed by atoms with Gasteiger partial charge >= 0.3 is 0 Å². The maximum absolute atomic E-state index is 15.3. The molecule has 0 aliphatic carbocycles. The number of benzene rings is 3. The van der Waals surface area contributed by atoms with Gasteiger partial charge in [0.15, 0.2) is 5.82 Å². The molecule has 3 aromatic carbocycles. The van der Waals surface area contributed by atoms with Crippen molar-refractivity contribution < 1.29 is 21.2 Å². The highest BCUT2D eigenvalue weighted by atomic mass is 19.1. The number of hydrogen-bond acceptors (Lipinski definition) is 6.